The molecule has 398 valence electrons. The van der Waals surface area contributed by atoms with Gasteiger partial charge in [0, 0.05) is 19.3 Å². The Kier molecular flexibility index (Phi) is 54.4. The van der Waals surface area contributed by atoms with Gasteiger partial charge in [0.05, 0.1) is 0 Å². The standard InChI is InChI=1S/C64H106O6/c1-4-7-10-13-16-19-22-25-27-29-31-32-33-35-36-39-42-45-48-51-54-57-63(66)69-60-61(59-68-62(65)56-53-50-47-44-41-38-24-21-18-15-12-9-6-3)70-64(67)58-55-52-49-46-43-40-37-34-30-28-26-23-20-17-14-11-8-5-2/h7,10,12,15-16,19-21,23-25,27-28,30-32,35-36,61H,4-6,8-9,11,13-14,17-18,22,26,29,33-34,37-60H2,1-3H3/b10-7-,15-12-,19-16-,23-20-,24-21-,27-25-,30-28-,32-31-,36-35-. The fourth-order valence-electron chi connectivity index (χ4n) is 7.65. The third-order valence-corrected chi connectivity index (χ3v) is 12.0. The highest BCUT2D eigenvalue weighted by Crippen LogP contribution is 2.14. The maximum Gasteiger partial charge on any atom is 0.306 e. The molecular formula is C64H106O6. The molecule has 6 nitrogen and oxygen atoms in total. The number of hydrogen-bond donors (Lipinski definition) is 0. The molecule has 6 heteroatoms. The molecule has 0 saturated heterocycles. The van der Waals surface area contributed by atoms with Crippen LogP contribution in [0, 0.1) is 0 Å². The summed E-state index contributed by atoms with van der Waals surface area (Å²) in [4.78, 5) is 38.2. The lowest BCUT2D eigenvalue weighted by Crippen LogP contribution is -2.30. The summed E-state index contributed by atoms with van der Waals surface area (Å²) in [6.45, 7) is 6.41. The fraction of sp³-hybridized carbons (Fsp3) is 0.672. The summed E-state index contributed by atoms with van der Waals surface area (Å²) in [5.74, 6) is -0.936. The number of carbonyl (C=O) groups excluding carboxylic acids is 3. The van der Waals surface area contributed by atoms with Crippen molar-refractivity contribution in [2.45, 2.75) is 264 Å². The molecule has 0 aromatic rings. The second kappa shape index (κ2) is 57.6. The molecular weight excluding hydrogens is 865 g/mol. The van der Waals surface area contributed by atoms with E-state index in [0.29, 0.717) is 19.3 Å². The van der Waals surface area contributed by atoms with Crippen LogP contribution >= 0.6 is 0 Å². The van der Waals surface area contributed by atoms with Gasteiger partial charge in [-0.25, -0.2) is 0 Å². The van der Waals surface area contributed by atoms with E-state index in [4.69, 9.17) is 14.2 Å². The highest BCUT2D eigenvalue weighted by Gasteiger charge is 2.19. The van der Waals surface area contributed by atoms with E-state index in [2.05, 4.69) is 130 Å². The minimum atomic E-state index is -0.799. The zero-order chi connectivity index (χ0) is 50.7. The average molecular weight is 972 g/mol. The second-order valence-electron chi connectivity index (χ2n) is 18.8. The highest BCUT2D eigenvalue weighted by molar-refractivity contribution is 5.71. The SMILES string of the molecule is CC/C=C\C/C=C\C/C=C\C/C=C\C/C=C\CCCCCCCC(=O)OCC(COC(=O)CCCCCCC/C=C\C/C=C\CCC)OC(=O)CCCCCCCCC/C=C\C/C=C\CCCCCC. The van der Waals surface area contributed by atoms with Gasteiger partial charge in [-0.1, -0.05) is 226 Å². The Balaban J connectivity index is 4.44. The second-order valence-corrected chi connectivity index (χ2v) is 18.8. The van der Waals surface area contributed by atoms with E-state index in [-0.39, 0.29) is 31.1 Å². The molecule has 0 aliphatic rings. The van der Waals surface area contributed by atoms with Crippen molar-refractivity contribution in [2.24, 2.45) is 0 Å². The molecule has 0 aliphatic carbocycles. The molecule has 0 saturated carbocycles. The Morgan fingerprint density at radius 2 is 0.586 bits per heavy atom. The molecule has 0 aliphatic heterocycles. The molecule has 0 N–H and O–H groups in total. The molecule has 0 amide bonds. The molecule has 0 aromatic carbocycles. The zero-order valence-electron chi connectivity index (χ0n) is 45.5. The molecule has 1 atom stereocenters. The first-order valence-corrected chi connectivity index (χ1v) is 28.9. The molecule has 1 unspecified atom stereocenters. The Hall–Kier alpha value is -3.93. The van der Waals surface area contributed by atoms with Gasteiger partial charge in [0.1, 0.15) is 13.2 Å². The third-order valence-electron chi connectivity index (χ3n) is 12.0. The van der Waals surface area contributed by atoms with Gasteiger partial charge in [-0.05, 0) is 122 Å². The first-order valence-electron chi connectivity index (χ1n) is 28.9. The summed E-state index contributed by atoms with van der Waals surface area (Å²) in [5, 5.41) is 0. The van der Waals surface area contributed by atoms with Crippen molar-refractivity contribution in [2.75, 3.05) is 13.2 Å². The van der Waals surface area contributed by atoms with E-state index in [0.717, 1.165) is 154 Å². The molecule has 0 bridgehead atoms. The number of carbonyl (C=O) groups is 3. The summed E-state index contributed by atoms with van der Waals surface area (Å²) in [5.41, 5.74) is 0. The van der Waals surface area contributed by atoms with Crippen molar-refractivity contribution in [1.29, 1.82) is 0 Å². The van der Waals surface area contributed by atoms with E-state index in [9.17, 15) is 14.4 Å². The third kappa shape index (κ3) is 55.0. The summed E-state index contributed by atoms with van der Waals surface area (Å²) in [6, 6.07) is 0. The largest absolute Gasteiger partial charge is 0.462 e. The van der Waals surface area contributed by atoms with Crippen LogP contribution in [0.5, 0.6) is 0 Å². The Morgan fingerprint density at radius 1 is 0.300 bits per heavy atom. The summed E-state index contributed by atoms with van der Waals surface area (Å²) < 4.78 is 16.8. The molecule has 0 radical (unpaired) electrons. The van der Waals surface area contributed by atoms with Crippen molar-refractivity contribution < 1.29 is 28.6 Å². The van der Waals surface area contributed by atoms with Crippen molar-refractivity contribution in [3.05, 3.63) is 109 Å². The Bertz CT molecular complexity index is 1440. The summed E-state index contributed by atoms with van der Waals surface area (Å²) >= 11 is 0. The topological polar surface area (TPSA) is 78.9 Å². The molecule has 70 heavy (non-hydrogen) atoms. The van der Waals surface area contributed by atoms with Crippen LogP contribution in [-0.2, 0) is 28.6 Å². The normalized spacial score (nSPS) is 12.9. The van der Waals surface area contributed by atoms with Crippen LogP contribution in [0.2, 0.25) is 0 Å². The predicted molar refractivity (Wildman–Crippen MR) is 302 cm³/mol. The minimum absolute atomic E-state index is 0.0965. The molecule has 0 spiro atoms. The monoisotopic (exact) mass is 971 g/mol. The van der Waals surface area contributed by atoms with Crippen LogP contribution in [0.25, 0.3) is 0 Å². The molecule has 0 fully saturated rings. The van der Waals surface area contributed by atoms with E-state index in [1.165, 1.54) is 64.2 Å². The minimum Gasteiger partial charge on any atom is -0.462 e. The smallest absolute Gasteiger partial charge is 0.306 e. The van der Waals surface area contributed by atoms with Gasteiger partial charge in [0.15, 0.2) is 6.10 Å². The summed E-state index contributed by atoms with van der Waals surface area (Å²) in [7, 11) is 0. The highest BCUT2D eigenvalue weighted by atomic mass is 16.6. The van der Waals surface area contributed by atoms with Crippen LogP contribution in [0.4, 0.5) is 0 Å². The van der Waals surface area contributed by atoms with Gasteiger partial charge in [-0.3, -0.25) is 14.4 Å². The number of allylic oxidation sites excluding steroid dienone is 18. The number of ether oxygens (including phenoxy) is 3. The predicted octanol–water partition coefficient (Wildman–Crippen LogP) is 19.5. The number of hydrogen-bond acceptors (Lipinski definition) is 6. The average Bonchev–Trinajstić information content (AvgIpc) is 3.36. The lowest BCUT2D eigenvalue weighted by Gasteiger charge is -2.18. The van der Waals surface area contributed by atoms with Gasteiger partial charge in [-0.15, -0.1) is 0 Å². The Morgan fingerprint density at radius 3 is 0.929 bits per heavy atom. The van der Waals surface area contributed by atoms with Crippen LogP contribution in [0.15, 0.2) is 109 Å². The van der Waals surface area contributed by atoms with Crippen LogP contribution in [0.1, 0.15) is 258 Å². The number of esters is 3. The van der Waals surface area contributed by atoms with E-state index < -0.39 is 6.10 Å². The van der Waals surface area contributed by atoms with Gasteiger partial charge in [0.2, 0.25) is 0 Å². The van der Waals surface area contributed by atoms with E-state index >= 15 is 0 Å². The van der Waals surface area contributed by atoms with Gasteiger partial charge >= 0.3 is 17.9 Å². The molecule has 0 rings (SSSR count). The van der Waals surface area contributed by atoms with Crippen molar-refractivity contribution in [3.63, 3.8) is 0 Å². The lowest BCUT2D eigenvalue weighted by molar-refractivity contribution is -0.167. The van der Waals surface area contributed by atoms with Gasteiger partial charge < -0.3 is 14.2 Å². The van der Waals surface area contributed by atoms with Crippen molar-refractivity contribution >= 4 is 17.9 Å². The quantitative estimate of drug-likeness (QED) is 0.0262. The maximum atomic E-state index is 12.9. The van der Waals surface area contributed by atoms with Crippen LogP contribution < -0.4 is 0 Å². The Labute approximate surface area is 431 Å². The molecule has 0 aromatic heterocycles. The van der Waals surface area contributed by atoms with Crippen LogP contribution in [-0.4, -0.2) is 37.2 Å². The first kappa shape index (κ1) is 66.1. The molecule has 0 heterocycles. The van der Waals surface area contributed by atoms with E-state index in [1.807, 2.05) is 0 Å². The van der Waals surface area contributed by atoms with E-state index in [1.54, 1.807) is 0 Å². The number of unbranched alkanes of at least 4 members (excludes halogenated alkanes) is 22. The lowest BCUT2D eigenvalue weighted by atomic mass is 10.1. The fourth-order valence-corrected chi connectivity index (χ4v) is 7.65. The maximum absolute atomic E-state index is 12.9. The summed E-state index contributed by atoms with van der Waals surface area (Å²) in [6.07, 6.45) is 77.9. The van der Waals surface area contributed by atoms with Crippen molar-refractivity contribution in [1.82, 2.24) is 0 Å². The zero-order valence-corrected chi connectivity index (χ0v) is 45.5. The van der Waals surface area contributed by atoms with Crippen LogP contribution in [0.3, 0.4) is 0 Å². The van der Waals surface area contributed by atoms with Gasteiger partial charge in [0.25, 0.3) is 0 Å². The first-order chi connectivity index (χ1) is 34.5. The van der Waals surface area contributed by atoms with Crippen molar-refractivity contribution in [3.8, 4) is 0 Å². The van der Waals surface area contributed by atoms with Gasteiger partial charge in [-0.2, -0.15) is 0 Å². The number of rotatable bonds is 51.